The van der Waals surface area contributed by atoms with E-state index in [1.165, 1.54) is 12.8 Å². The first-order valence-corrected chi connectivity index (χ1v) is 9.44. The highest BCUT2D eigenvalue weighted by Crippen LogP contribution is 2.31. The number of pyridine rings is 1. The number of unbranched alkanes of at least 4 members (excludes halogenated alkanes) is 2. The lowest BCUT2D eigenvalue weighted by molar-refractivity contribution is -0.117. The van der Waals surface area contributed by atoms with Crippen LogP contribution in [0.15, 0.2) is 60.8 Å². The summed E-state index contributed by atoms with van der Waals surface area (Å²) in [5, 5.41) is 4.36. The van der Waals surface area contributed by atoms with E-state index < -0.39 is 0 Å². The van der Waals surface area contributed by atoms with Gasteiger partial charge >= 0.3 is 0 Å². The van der Waals surface area contributed by atoms with Gasteiger partial charge in [0.1, 0.15) is 0 Å². The minimum Gasteiger partial charge on any atom is -0.310 e. The highest BCUT2D eigenvalue weighted by Gasteiger charge is 2.13. The molecule has 0 aliphatic heterocycles. The lowest BCUT2D eigenvalue weighted by atomic mass is 9.94. The topological polar surface area (TPSA) is 42.0 Å². The zero-order valence-corrected chi connectivity index (χ0v) is 15.4. The molecule has 0 spiro atoms. The maximum absolute atomic E-state index is 12.5. The predicted octanol–water partition coefficient (Wildman–Crippen LogP) is 4.79. The molecule has 0 atom stereocenters. The van der Waals surface area contributed by atoms with E-state index in [1.807, 2.05) is 42.6 Å². The summed E-state index contributed by atoms with van der Waals surface area (Å²) in [6.07, 6.45) is 5.78. The Balaban J connectivity index is 1.83. The van der Waals surface area contributed by atoms with Gasteiger partial charge in [-0.15, -0.1) is 0 Å². The molecule has 0 saturated heterocycles. The van der Waals surface area contributed by atoms with Crippen LogP contribution in [0.4, 0.5) is 0 Å². The van der Waals surface area contributed by atoms with E-state index >= 15 is 0 Å². The Morgan fingerprint density at radius 1 is 1.00 bits per heavy atom. The Morgan fingerprint density at radius 2 is 1.77 bits per heavy atom. The molecule has 3 nitrogen and oxygen atoms in total. The van der Waals surface area contributed by atoms with Gasteiger partial charge in [0.25, 0.3) is 0 Å². The van der Waals surface area contributed by atoms with Crippen molar-refractivity contribution in [1.82, 2.24) is 10.3 Å². The van der Waals surface area contributed by atoms with E-state index in [9.17, 15) is 4.79 Å². The zero-order valence-electron chi connectivity index (χ0n) is 15.4. The van der Waals surface area contributed by atoms with Gasteiger partial charge in [0, 0.05) is 18.0 Å². The number of benzene rings is 2. The van der Waals surface area contributed by atoms with Crippen molar-refractivity contribution in [2.75, 3.05) is 13.1 Å². The summed E-state index contributed by atoms with van der Waals surface area (Å²) in [4.78, 5) is 17.0. The molecule has 0 unspecified atom stereocenters. The van der Waals surface area contributed by atoms with Crippen LogP contribution in [0.1, 0.15) is 31.7 Å². The standard InChI is InChI=1S/C23H26N2O/c1-2-3-9-14-24-17-20(26)15-19-16-25-22-13-8-7-12-21(22)23(19)18-10-5-4-6-11-18/h4-8,10-13,16,24H,2-3,9,14-15,17H2,1H3. The van der Waals surface area contributed by atoms with E-state index in [4.69, 9.17) is 0 Å². The molecule has 0 radical (unpaired) electrons. The zero-order chi connectivity index (χ0) is 18.2. The summed E-state index contributed by atoms with van der Waals surface area (Å²) in [6.45, 7) is 3.51. The second-order valence-electron chi connectivity index (χ2n) is 6.64. The maximum atomic E-state index is 12.5. The molecule has 3 aromatic rings. The van der Waals surface area contributed by atoms with E-state index in [0.717, 1.165) is 40.6 Å². The lowest BCUT2D eigenvalue weighted by Crippen LogP contribution is -2.25. The molecule has 1 heterocycles. The Kier molecular flexibility index (Phi) is 6.50. The molecule has 1 N–H and O–H groups in total. The van der Waals surface area contributed by atoms with Gasteiger partial charge in [0.05, 0.1) is 12.1 Å². The van der Waals surface area contributed by atoms with Gasteiger partial charge < -0.3 is 5.32 Å². The summed E-state index contributed by atoms with van der Waals surface area (Å²) >= 11 is 0. The van der Waals surface area contributed by atoms with Crippen molar-refractivity contribution in [1.29, 1.82) is 0 Å². The first-order valence-electron chi connectivity index (χ1n) is 9.44. The van der Waals surface area contributed by atoms with Gasteiger partial charge in [-0.25, -0.2) is 0 Å². The molecule has 3 rings (SSSR count). The fourth-order valence-electron chi connectivity index (χ4n) is 3.27. The summed E-state index contributed by atoms with van der Waals surface area (Å²) in [6, 6.07) is 18.4. The Morgan fingerprint density at radius 3 is 2.58 bits per heavy atom. The van der Waals surface area contributed by atoms with E-state index in [1.54, 1.807) is 0 Å². The Labute approximate surface area is 155 Å². The summed E-state index contributed by atoms with van der Waals surface area (Å²) < 4.78 is 0. The average molecular weight is 346 g/mol. The lowest BCUT2D eigenvalue weighted by Gasteiger charge is -2.13. The highest BCUT2D eigenvalue weighted by molar-refractivity contribution is 5.98. The van der Waals surface area contributed by atoms with Crippen LogP contribution in [0.5, 0.6) is 0 Å². The quantitative estimate of drug-likeness (QED) is 0.566. The van der Waals surface area contributed by atoms with Crippen molar-refractivity contribution in [3.8, 4) is 11.1 Å². The first-order chi connectivity index (χ1) is 12.8. The number of hydrogen-bond donors (Lipinski definition) is 1. The molecule has 26 heavy (non-hydrogen) atoms. The molecule has 2 aromatic carbocycles. The molecule has 0 saturated carbocycles. The molecule has 3 heteroatoms. The third-order valence-electron chi connectivity index (χ3n) is 4.58. The third kappa shape index (κ3) is 4.55. The molecule has 1 aromatic heterocycles. The number of para-hydroxylation sites is 1. The van der Waals surface area contributed by atoms with Crippen LogP contribution in [0, 0.1) is 0 Å². The largest absolute Gasteiger partial charge is 0.310 e. The number of Topliss-reactive ketones (excluding diaryl/α,β-unsaturated/α-hetero) is 1. The van der Waals surface area contributed by atoms with E-state index in [2.05, 4.69) is 35.4 Å². The normalized spacial score (nSPS) is 11.0. The number of nitrogens with zero attached hydrogens (tertiary/aromatic N) is 1. The summed E-state index contributed by atoms with van der Waals surface area (Å²) in [5.74, 6) is 0.204. The van der Waals surface area contributed by atoms with Gasteiger partial charge in [0.15, 0.2) is 5.78 Å². The number of nitrogens with one attached hydrogen (secondary N) is 1. The Bertz CT molecular complexity index is 858. The average Bonchev–Trinajstić information content (AvgIpc) is 2.68. The van der Waals surface area contributed by atoms with Crippen LogP contribution in [-0.4, -0.2) is 23.9 Å². The SMILES string of the molecule is CCCCCNCC(=O)Cc1cnc2ccccc2c1-c1ccccc1. The molecule has 0 fully saturated rings. The van der Waals surface area contributed by atoms with Crippen molar-refractivity contribution < 1.29 is 4.79 Å². The van der Waals surface area contributed by atoms with Crippen LogP contribution in [0.25, 0.3) is 22.0 Å². The number of carbonyl (C=O) groups is 1. The molecule has 134 valence electrons. The second-order valence-corrected chi connectivity index (χ2v) is 6.64. The van der Waals surface area contributed by atoms with Gasteiger partial charge in [-0.1, -0.05) is 68.3 Å². The molecule has 0 aliphatic carbocycles. The minimum atomic E-state index is 0.204. The minimum absolute atomic E-state index is 0.204. The van der Waals surface area contributed by atoms with Crippen molar-refractivity contribution in [2.24, 2.45) is 0 Å². The van der Waals surface area contributed by atoms with Gasteiger partial charge in [-0.3, -0.25) is 9.78 Å². The third-order valence-corrected chi connectivity index (χ3v) is 4.58. The van der Waals surface area contributed by atoms with Crippen molar-refractivity contribution in [2.45, 2.75) is 32.6 Å². The molecular weight excluding hydrogens is 320 g/mol. The van der Waals surface area contributed by atoms with Crippen LogP contribution in [-0.2, 0) is 11.2 Å². The molecule has 0 aliphatic rings. The van der Waals surface area contributed by atoms with Crippen molar-refractivity contribution in [3.05, 3.63) is 66.4 Å². The fraction of sp³-hybridized carbons (Fsp3) is 0.304. The van der Waals surface area contributed by atoms with Crippen molar-refractivity contribution in [3.63, 3.8) is 0 Å². The summed E-state index contributed by atoms with van der Waals surface area (Å²) in [5.41, 5.74) is 4.20. The monoisotopic (exact) mass is 346 g/mol. The number of hydrogen-bond acceptors (Lipinski definition) is 3. The van der Waals surface area contributed by atoms with Crippen LogP contribution < -0.4 is 5.32 Å². The van der Waals surface area contributed by atoms with Gasteiger partial charge in [0.2, 0.25) is 0 Å². The number of rotatable bonds is 9. The number of carbonyl (C=O) groups excluding carboxylic acids is 1. The predicted molar refractivity (Wildman–Crippen MR) is 108 cm³/mol. The fourth-order valence-corrected chi connectivity index (χ4v) is 3.27. The van der Waals surface area contributed by atoms with Crippen LogP contribution >= 0.6 is 0 Å². The maximum Gasteiger partial charge on any atom is 0.151 e. The smallest absolute Gasteiger partial charge is 0.151 e. The first kappa shape index (κ1) is 18.3. The Hall–Kier alpha value is -2.52. The number of fused-ring (bicyclic) bond motifs is 1. The molecule has 0 amide bonds. The van der Waals surface area contributed by atoms with Crippen molar-refractivity contribution >= 4 is 16.7 Å². The number of ketones is 1. The highest BCUT2D eigenvalue weighted by atomic mass is 16.1. The second kappa shape index (κ2) is 9.25. The molecular formula is C23H26N2O. The van der Waals surface area contributed by atoms with Crippen LogP contribution in [0.3, 0.4) is 0 Å². The van der Waals surface area contributed by atoms with Gasteiger partial charge in [-0.2, -0.15) is 0 Å². The van der Waals surface area contributed by atoms with E-state index in [-0.39, 0.29) is 5.78 Å². The molecule has 0 bridgehead atoms. The number of aromatic nitrogens is 1. The van der Waals surface area contributed by atoms with Gasteiger partial charge in [-0.05, 0) is 35.7 Å². The van der Waals surface area contributed by atoms with Crippen LogP contribution in [0.2, 0.25) is 0 Å². The summed E-state index contributed by atoms with van der Waals surface area (Å²) in [7, 11) is 0. The van der Waals surface area contributed by atoms with E-state index in [0.29, 0.717) is 13.0 Å².